The minimum absolute atomic E-state index is 0.0316. The summed E-state index contributed by atoms with van der Waals surface area (Å²) < 4.78 is 0. The Morgan fingerprint density at radius 1 is 0.833 bits per heavy atom. The molecule has 0 aliphatic heterocycles. The highest BCUT2D eigenvalue weighted by Crippen LogP contribution is 2.20. The van der Waals surface area contributed by atoms with Crippen LogP contribution in [0.4, 0.5) is 17.1 Å². The molecule has 0 unspecified atom stereocenters. The fourth-order valence-electron chi connectivity index (χ4n) is 2.90. The van der Waals surface area contributed by atoms with Crippen molar-refractivity contribution in [2.75, 3.05) is 22.5 Å². The van der Waals surface area contributed by atoms with E-state index in [0.29, 0.717) is 23.6 Å². The van der Waals surface area contributed by atoms with Crippen molar-refractivity contribution >= 4 is 40.5 Å². The van der Waals surface area contributed by atoms with Crippen LogP contribution in [-0.2, 0) is 16.0 Å². The summed E-state index contributed by atoms with van der Waals surface area (Å²) in [7, 11) is 0. The second-order valence-corrected chi connectivity index (χ2v) is 7.41. The number of halogens is 1. The number of amides is 2. The number of carbonyl (C=O) groups is 2. The maximum absolute atomic E-state index is 12.2. The van der Waals surface area contributed by atoms with Crippen LogP contribution in [0.1, 0.15) is 17.5 Å². The third-order valence-electron chi connectivity index (χ3n) is 4.58. The molecule has 3 aromatic carbocycles. The molecular formula is C24H24ClN3O2. The van der Waals surface area contributed by atoms with E-state index in [4.69, 9.17) is 11.6 Å². The van der Waals surface area contributed by atoms with Crippen LogP contribution in [0.3, 0.4) is 0 Å². The van der Waals surface area contributed by atoms with Gasteiger partial charge in [-0.25, -0.2) is 0 Å². The van der Waals surface area contributed by atoms with Crippen LogP contribution in [-0.4, -0.2) is 18.4 Å². The fourth-order valence-corrected chi connectivity index (χ4v) is 3.08. The third kappa shape index (κ3) is 6.64. The Morgan fingerprint density at radius 3 is 2.27 bits per heavy atom. The molecule has 5 nitrogen and oxygen atoms in total. The van der Waals surface area contributed by atoms with Crippen molar-refractivity contribution in [3.05, 3.63) is 88.9 Å². The largest absolute Gasteiger partial charge is 0.376 e. The normalized spacial score (nSPS) is 10.3. The molecule has 0 bridgehead atoms. The molecule has 0 aliphatic carbocycles. The molecule has 0 atom stereocenters. The minimum atomic E-state index is -0.168. The van der Waals surface area contributed by atoms with Crippen LogP contribution in [0, 0.1) is 6.92 Å². The van der Waals surface area contributed by atoms with Gasteiger partial charge in [0.2, 0.25) is 11.8 Å². The monoisotopic (exact) mass is 421 g/mol. The summed E-state index contributed by atoms with van der Waals surface area (Å²) in [6.07, 6.45) is 1.13. The van der Waals surface area contributed by atoms with E-state index >= 15 is 0 Å². The lowest BCUT2D eigenvalue weighted by molar-refractivity contribution is -0.116. The predicted molar refractivity (Wildman–Crippen MR) is 123 cm³/mol. The summed E-state index contributed by atoms with van der Waals surface area (Å²) in [5, 5.41) is 9.38. The average molecular weight is 422 g/mol. The molecule has 30 heavy (non-hydrogen) atoms. The van der Waals surface area contributed by atoms with Gasteiger partial charge in [-0.1, -0.05) is 48.0 Å². The number of carbonyl (C=O) groups excluding carboxylic acids is 2. The zero-order chi connectivity index (χ0) is 21.3. The fraction of sp³-hybridized carbons (Fsp3) is 0.167. The van der Waals surface area contributed by atoms with E-state index in [1.165, 1.54) is 0 Å². The van der Waals surface area contributed by atoms with E-state index in [1.54, 1.807) is 12.1 Å². The van der Waals surface area contributed by atoms with Gasteiger partial charge in [0.15, 0.2) is 0 Å². The summed E-state index contributed by atoms with van der Waals surface area (Å²) in [4.78, 5) is 24.3. The van der Waals surface area contributed by atoms with Crippen molar-refractivity contribution in [3.63, 3.8) is 0 Å². The summed E-state index contributed by atoms with van der Waals surface area (Å²) in [6.45, 7) is 2.03. The van der Waals surface area contributed by atoms with Crippen molar-refractivity contribution < 1.29 is 9.59 Å². The van der Waals surface area contributed by atoms with Gasteiger partial charge in [-0.3, -0.25) is 9.59 Å². The number of nitrogens with one attached hydrogen (secondary N) is 3. The van der Waals surface area contributed by atoms with Gasteiger partial charge in [-0.05, 0) is 60.9 Å². The van der Waals surface area contributed by atoms with Gasteiger partial charge in [0.25, 0.3) is 0 Å². The Bertz CT molecular complexity index is 1000. The van der Waals surface area contributed by atoms with E-state index in [1.807, 2.05) is 67.6 Å². The summed E-state index contributed by atoms with van der Waals surface area (Å²) in [5.74, 6) is -0.200. The highest BCUT2D eigenvalue weighted by Gasteiger charge is 2.07. The first kappa shape index (κ1) is 21.4. The van der Waals surface area contributed by atoms with Gasteiger partial charge in [0, 0.05) is 28.5 Å². The third-order valence-corrected chi connectivity index (χ3v) is 4.81. The first-order valence-corrected chi connectivity index (χ1v) is 10.1. The molecule has 0 aliphatic rings. The molecular weight excluding hydrogens is 398 g/mol. The first-order valence-electron chi connectivity index (χ1n) is 9.73. The van der Waals surface area contributed by atoms with E-state index in [2.05, 4.69) is 16.0 Å². The van der Waals surface area contributed by atoms with Crippen LogP contribution in [0.2, 0.25) is 5.02 Å². The highest BCUT2D eigenvalue weighted by molar-refractivity contribution is 6.31. The van der Waals surface area contributed by atoms with Crippen LogP contribution in [0.25, 0.3) is 0 Å². The van der Waals surface area contributed by atoms with E-state index < -0.39 is 0 Å². The lowest BCUT2D eigenvalue weighted by Crippen LogP contribution is -2.22. The van der Waals surface area contributed by atoms with Gasteiger partial charge >= 0.3 is 0 Å². The van der Waals surface area contributed by atoms with Crippen molar-refractivity contribution in [3.8, 4) is 0 Å². The quantitative estimate of drug-likeness (QED) is 0.464. The van der Waals surface area contributed by atoms with Crippen LogP contribution in [0.15, 0.2) is 72.8 Å². The van der Waals surface area contributed by atoms with Crippen LogP contribution >= 0.6 is 11.6 Å². The molecule has 0 spiro atoms. The number of hydrogen-bond donors (Lipinski definition) is 3. The number of hydrogen-bond acceptors (Lipinski definition) is 3. The molecule has 154 valence electrons. The van der Waals surface area contributed by atoms with Crippen molar-refractivity contribution in [1.82, 2.24) is 0 Å². The standard InChI is InChI=1S/C24H24ClN3O2/c1-17-7-9-19(25)15-22(17)28-24(30)16-26-20-10-12-21(13-11-20)27-23(29)14-8-18-5-3-2-4-6-18/h2-7,9-13,15,26H,8,14,16H2,1H3,(H,27,29)(H,28,30). The maximum atomic E-state index is 12.2. The van der Waals surface area contributed by atoms with E-state index in [-0.39, 0.29) is 18.4 Å². The maximum Gasteiger partial charge on any atom is 0.243 e. The Hall–Kier alpha value is -3.31. The number of benzene rings is 3. The van der Waals surface area contributed by atoms with Gasteiger partial charge in [0.1, 0.15) is 0 Å². The summed E-state index contributed by atoms with van der Waals surface area (Å²) in [6, 6.07) is 22.6. The molecule has 3 aromatic rings. The van der Waals surface area contributed by atoms with E-state index in [0.717, 1.165) is 22.5 Å². The molecule has 2 amide bonds. The molecule has 6 heteroatoms. The van der Waals surface area contributed by atoms with E-state index in [9.17, 15) is 9.59 Å². The van der Waals surface area contributed by atoms with Crippen LogP contribution < -0.4 is 16.0 Å². The zero-order valence-corrected chi connectivity index (χ0v) is 17.5. The average Bonchev–Trinajstić information content (AvgIpc) is 2.75. The molecule has 0 aromatic heterocycles. The smallest absolute Gasteiger partial charge is 0.243 e. The number of anilines is 3. The SMILES string of the molecule is Cc1ccc(Cl)cc1NC(=O)CNc1ccc(NC(=O)CCc2ccccc2)cc1. The minimum Gasteiger partial charge on any atom is -0.376 e. The van der Waals surface area contributed by atoms with Crippen molar-refractivity contribution in [2.24, 2.45) is 0 Å². The molecule has 0 heterocycles. The molecule has 3 rings (SSSR count). The van der Waals surface area contributed by atoms with Gasteiger partial charge in [-0.15, -0.1) is 0 Å². The Kier molecular flexibility index (Phi) is 7.46. The zero-order valence-electron chi connectivity index (χ0n) is 16.7. The van der Waals surface area contributed by atoms with Crippen LogP contribution in [0.5, 0.6) is 0 Å². The Labute approximate surface area is 181 Å². The lowest BCUT2D eigenvalue weighted by Gasteiger charge is -2.11. The molecule has 0 saturated heterocycles. The Balaban J connectivity index is 1.44. The predicted octanol–water partition coefficient (Wildman–Crippen LogP) is 5.27. The molecule has 3 N–H and O–H groups in total. The summed E-state index contributed by atoms with van der Waals surface area (Å²) >= 11 is 5.98. The topological polar surface area (TPSA) is 70.2 Å². The first-order chi connectivity index (χ1) is 14.5. The Morgan fingerprint density at radius 2 is 1.53 bits per heavy atom. The number of rotatable bonds is 8. The van der Waals surface area contributed by atoms with Crippen molar-refractivity contribution in [2.45, 2.75) is 19.8 Å². The van der Waals surface area contributed by atoms with Crippen molar-refractivity contribution in [1.29, 1.82) is 0 Å². The second kappa shape index (κ2) is 10.5. The lowest BCUT2D eigenvalue weighted by atomic mass is 10.1. The van der Waals surface area contributed by atoms with Gasteiger partial charge in [0.05, 0.1) is 6.54 Å². The number of aryl methyl sites for hydroxylation is 2. The summed E-state index contributed by atoms with van der Waals surface area (Å²) in [5.41, 5.74) is 4.29. The second-order valence-electron chi connectivity index (χ2n) is 6.97. The highest BCUT2D eigenvalue weighted by atomic mass is 35.5. The molecule has 0 saturated carbocycles. The molecule has 0 fully saturated rings. The van der Waals surface area contributed by atoms with Gasteiger partial charge < -0.3 is 16.0 Å². The van der Waals surface area contributed by atoms with Gasteiger partial charge in [-0.2, -0.15) is 0 Å². The molecule has 0 radical (unpaired) electrons.